The van der Waals surface area contributed by atoms with Gasteiger partial charge in [0.25, 0.3) is 0 Å². The lowest BCUT2D eigenvalue weighted by atomic mass is 9.98. The normalized spacial score (nSPS) is 11.2. The van der Waals surface area contributed by atoms with Crippen molar-refractivity contribution in [2.45, 2.75) is 0 Å². The molecule has 1 aliphatic carbocycles. The van der Waals surface area contributed by atoms with E-state index in [1.54, 1.807) is 0 Å². The standard InChI is InChI=1S/C40H27N3O2/c41-27-38(40(44)45)39-34-23-21-32(42(28-13-5-1-6-14-28)29-15-7-2-8-16-29)25-36(34)37-26-33(22-24-35(37)39)43(30-17-9-3-10-18-30)31-19-11-4-12-20-31/h1-26H,(H,44,45). The van der Waals surface area contributed by atoms with Crippen LogP contribution < -0.4 is 9.80 Å². The van der Waals surface area contributed by atoms with E-state index in [-0.39, 0.29) is 5.57 Å². The summed E-state index contributed by atoms with van der Waals surface area (Å²) >= 11 is 0. The quantitative estimate of drug-likeness (QED) is 0.150. The topological polar surface area (TPSA) is 67.6 Å². The second kappa shape index (κ2) is 11.7. The van der Waals surface area contributed by atoms with Crippen molar-refractivity contribution >= 4 is 45.7 Å². The van der Waals surface area contributed by atoms with Crippen LogP contribution in [0.25, 0.3) is 16.7 Å². The number of carboxylic acids is 1. The first-order chi connectivity index (χ1) is 22.1. The van der Waals surface area contributed by atoms with Gasteiger partial charge in [-0.25, -0.2) is 4.79 Å². The predicted molar refractivity (Wildman–Crippen MR) is 181 cm³/mol. The molecule has 214 valence electrons. The Balaban J connectivity index is 1.47. The van der Waals surface area contributed by atoms with Gasteiger partial charge in [-0.05, 0) is 95.1 Å². The Hall–Kier alpha value is -6.38. The number of anilines is 6. The van der Waals surface area contributed by atoms with Gasteiger partial charge in [0.2, 0.25) is 0 Å². The molecule has 0 bridgehead atoms. The summed E-state index contributed by atoms with van der Waals surface area (Å²) in [5.74, 6) is -1.25. The molecule has 6 aromatic rings. The highest BCUT2D eigenvalue weighted by atomic mass is 16.4. The van der Waals surface area contributed by atoms with Crippen LogP contribution >= 0.6 is 0 Å². The van der Waals surface area contributed by atoms with Crippen molar-refractivity contribution in [2.24, 2.45) is 0 Å². The van der Waals surface area contributed by atoms with Crippen LogP contribution in [0.1, 0.15) is 11.1 Å². The molecular formula is C40H27N3O2. The summed E-state index contributed by atoms with van der Waals surface area (Å²) < 4.78 is 0. The summed E-state index contributed by atoms with van der Waals surface area (Å²) in [6.45, 7) is 0. The average Bonchev–Trinajstić information content (AvgIpc) is 3.40. The average molecular weight is 582 g/mol. The zero-order valence-electron chi connectivity index (χ0n) is 24.2. The molecule has 6 aromatic carbocycles. The van der Waals surface area contributed by atoms with Crippen LogP contribution in [0.2, 0.25) is 0 Å². The molecule has 0 heterocycles. The summed E-state index contributed by atoms with van der Waals surface area (Å²) in [5.41, 5.74) is 9.14. The van der Waals surface area contributed by atoms with E-state index in [2.05, 4.69) is 70.5 Å². The Morgan fingerprint density at radius 1 is 0.467 bits per heavy atom. The van der Waals surface area contributed by atoms with Gasteiger partial charge in [0.05, 0.1) is 0 Å². The number of rotatable bonds is 7. The lowest BCUT2D eigenvalue weighted by Crippen LogP contribution is -2.10. The fraction of sp³-hybridized carbons (Fsp3) is 0. The largest absolute Gasteiger partial charge is 0.477 e. The smallest absolute Gasteiger partial charge is 0.347 e. The van der Waals surface area contributed by atoms with E-state index in [9.17, 15) is 15.2 Å². The number of fused-ring (bicyclic) bond motifs is 3. The molecule has 45 heavy (non-hydrogen) atoms. The highest BCUT2D eigenvalue weighted by Crippen LogP contribution is 2.50. The second-order valence-corrected chi connectivity index (χ2v) is 10.6. The summed E-state index contributed by atoms with van der Waals surface area (Å²) in [6, 6.07) is 54.5. The molecular weight excluding hydrogens is 554 g/mol. The number of benzene rings is 6. The molecule has 0 amide bonds. The third-order valence-electron chi connectivity index (χ3n) is 7.98. The van der Waals surface area contributed by atoms with Crippen molar-refractivity contribution in [3.05, 3.63) is 174 Å². The molecule has 5 nitrogen and oxygen atoms in total. The lowest BCUT2D eigenvalue weighted by molar-refractivity contribution is -0.132. The van der Waals surface area contributed by atoms with Gasteiger partial charge in [0.15, 0.2) is 0 Å². The zero-order valence-corrected chi connectivity index (χ0v) is 24.2. The molecule has 5 heteroatoms. The highest BCUT2D eigenvalue weighted by molar-refractivity contribution is 6.12. The fourth-order valence-corrected chi connectivity index (χ4v) is 6.05. The maximum Gasteiger partial charge on any atom is 0.347 e. The summed E-state index contributed by atoms with van der Waals surface area (Å²) in [4.78, 5) is 16.7. The third-order valence-corrected chi connectivity index (χ3v) is 7.98. The maximum absolute atomic E-state index is 12.3. The van der Waals surface area contributed by atoms with Crippen molar-refractivity contribution in [3.8, 4) is 17.2 Å². The van der Waals surface area contributed by atoms with Gasteiger partial charge in [0.1, 0.15) is 11.6 Å². The molecule has 0 atom stereocenters. The number of para-hydroxylation sites is 4. The predicted octanol–water partition coefficient (Wildman–Crippen LogP) is 10.0. The monoisotopic (exact) mass is 581 g/mol. The summed E-state index contributed by atoms with van der Waals surface area (Å²) in [6.07, 6.45) is 0. The van der Waals surface area contributed by atoms with Crippen LogP contribution in [0, 0.1) is 11.3 Å². The number of nitrogens with zero attached hydrogens (tertiary/aromatic N) is 3. The molecule has 1 N–H and O–H groups in total. The highest BCUT2D eigenvalue weighted by Gasteiger charge is 2.31. The molecule has 0 saturated carbocycles. The van der Waals surface area contributed by atoms with Crippen molar-refractivity contribution < 1.29 is 9.90 Å². The minimum absolute atomic E-state index is 0.276. The van der Waals surface area contributed by atoms with Crippen molar-refractivity contribution in [2.75, 3.05) is 9.80 Å². The van der Waals surface area contributed by atoms with E-state index in [4.69, 9.17) is 0 Å². The third kappa shape index (κ3) is 5.01. The number of hydrogen-bond donors (Lipinski definition) is 1. The minimum atomic E-state index is -1.25. The minimum Gasteiger partial charge on any atom is -0.477 e. The first kappa shape index (κ1) is 27.5. The Morgan fingerprint density at radius 3 is 1.09 bits per heavy atom. The van der Waals surface area contributed by atoms with Crippen molar-refractivity contribution in [1.82, 2.24) is 0 Å². The van der Waals surface area contributed by atoms with Crippen molar-refractivity contribution in [3.63, 3.8) is 0 Å². The lowest BCUT2D eigenvalue weighted by Gasteiger charge is -2.26. The molecule has 0 spiro atoms. The number of aliphatic carboxylic acids is 1. The maximum atomic E-state index is 12.3. The number of carboxylic acid groups (broad SMARTS) is 1. The molecule has 0 saturated heterocycles. The van der Waals surface area contributed by atoms with Crippen LogP contribution in [0.5, 0.6) is 0 Å². The van der Waals surface area contributed by atoms with E-state index >= 15 is 0 Å². The van der Waals surface area contributed by atoms with Gasteiger partial charge in [-0.3, -0.25) is 0 Å². The van der Waals surface area contributed by atoms with Gasteiger partial charge >= 0.3 is 5.97 Å². The SMILES string of the molecule is N#CC(C(=O)O)=C1c2ccc(N(c3ccccc3)c3ccccc3)cc2-c2cc(N(c3ccccc3)c3ccccc3)ccc21. The summed E-state index contributed by atoms with van der Waals surface area (Å²) in [7, 11) is 0. The van der Waals surface area contributed by atoms with Crippen LogP contribution in [-0.4, -0.2) is 11.1 Å². The number of hydrogen-bond acceptors (Lipinski definition) is 4. The Labute approximate surface area is 261 Å². The molecule has 7 rings (SSSR count). The van der Waals surface area contributed by atoms with E-state index in [1.165, 1.54) is 0 Å². The van der Waals surface area contributed by atoms with Crippen LogP contribution in [0.4, 0.5) is 34.1 Å². The molecule has 0 fully saturated rings. The van der Waals surface area contributed by atoms with Crippen LogP contribution in [0.3, 0.4) is 0 Å². The first-order valence-corrected chi connectivity index (χ1v) is 14.6. The van der Waals surface area contributed by atoms with E-state index in [0.717, 1.165) is 56.4 Å². The van der Waals surface area contributed by atoms with Crippen LogP contribution in [0.15, 0.2) is 163 Å². The zero-order chi connectivity index (χ0) is 30.8. The number of carbonyl (C=O) groups is 1. The van der Waals surface area contributed by atoms with E-state index in [0.29, 0.717) is 5.57 Å². The summed E-state index contributed by atoms with van der Waals surface area (Å²) in [5, 5.41) is 20.1. The van der Waals surface area contributed by atoms with E-state index in [1.807, 2.05) is 103 Å². The van der Waals surface area contributed by atoms with Gasteiger partial charge in [-0.1, -0.05) is 84.9 Å². The van der Waals surface area contributed by atoms with Gasteiger partial charge < -0.3 is 14.9 Å². The molecule has 1 aliphatic rings. The van der Waals surface area contributed by atoms with Gasteiger partial charge in [0, 0.05) is 39.7 Å². The molecule has 0 radical (unpaired) electrons. The molecule has 0 unspecified atom stereocenters. The molecule has 0 aromatic heterocycles. The Bertz CT molecular complexity index is 1870. The Morgan fingerprint density at radius 2 is 0.800 bits per heavy atom. The fourth-order valence-electron chi connectivity index (χ4n) is 6.05. The van der Waals surface area contributed by atoms with E-state index < -0.39 is 5.97 Å². The first-order valence-electron chi connectivity index (χ1n) is 14.6. The second-order valence-electron chi connectivity index (χ2n) is 10.6. The molecule has 0 aliphatic heterocycles. The van der Waals surface area contributed by atoms with Crippen LogP contribution in [-0.2, 0) is 4.79 Å². The van der Waals surface area contributed by atoms with Gasteiger partial charge in [-0.2, -0.15) is 5.26 Å². The number of nitriles is 1. The van der Waals surface area contributed by atoms with Crippen molar-refractivity contribution in [1.29, 1.82) is 5.26 Å². The Kier molecular flexibility index (Phi) is 7.15. The van der Waals surface area contributed by atoms with Gasteiger partial charge in [-0.15, -0.1) is 0 Å².